The Morgan fingerprint density at radius 2 is 2.10 bits per heavy atom. The number of rotatable bonds is 4. The van der Waals surface area contributed by atoms with Crippen molar-refractivity contribution in [3.8, 4) is 0 Å². The molecule has 0 saturated heterocycles. The summed E-state index contributed by atoms with van der Waals surface area (Å²) in [6, 6.07) is 0. The lowest BCUT2D eigenvalue weighted by Crippen LogP contribution is -2.32. The third-order valence-electron chi connectivity index (χ3n) is 1.27. The summed E-state index contributed by atoms with van der Waals surface area (Å²) in [6.07, 6.45) is 2.25. The number of hydrogen-bond donors (Lipinski definition) is 1. The van der Waals surface area contributed by atoms with Crippen LogP contribution in [0.4, 0.5) is 4.79 Å². The molecule has 59 valence electrons. The second-order valence-electron chi connectivity index (χ2n) is 2.61. The summed E-state index contributed by atoms with van der Waals surface area (Å²) in [4.78, 5) is 11.0. The fourth-order valence-electron chi connectivity index (χ4n) is 0.555. The van der Waals surface area contributed by atoms with Crippen LogP contribution < -0.4 is 5.32 Å². The van der Waals surface area contributed by atoms with Gasteiger partial charge in [0.15, 0.2) is 14.3 Å². The molecule has 0 atom stereocenters. The molecule has 0 saturated carbocycles. The molecule has 0 heterocycles. The van der Waals surface area contributed by atoms with Crippen LogP contribution in [0.15, 0.2) is 0 Å². The largest absolute Gasteiger partial charge is 0.361 e. The van der Waals surface area contributed by atoms with Gasteiger partial charge in [0, 0.05) is 6.54 Å². The summed E-state index contributed by atoms with van der Waals surface area (Å²) in [5.74, 6) is 0. The van der Waals surface area contributed by atoms with Gasteiger partial charge < -0.3 is 5.32 Å². The predicted octanol–water partition coefficient (Wildman–Crippen LogP) is 1.83. The van der Waals surface area contributed by atoms with Crippen LogP contribution in [0.3, 0.4) is 0 Å². The van der Waals surface area contributed by atoms with E-state index in [1.54, 1.807) is 0 Å². The minimum Gasteiger partial charge on any atom is -0.361 e. The minimum absolute atomic E-state index is 0.262. The quantitative estimate of drug-likeness (QED) is 0.491. The first-order valence-corrected chi connectivity index (χ1v) is 6.26. The van der Waals surface area contributed by atoms with E-state index < -0.39 is 8.80 Å². The molecule has 0 aromatic carbocycles. The van der Waals surface area contributed by atoms with Gasteiger partial charge in [-0.3, -0.25) is 4.79 Å². The lowest BCUT2D eigenvalue weighted by Gasteiger charge is -2.04. The average molecular weight is 158 g/mol. The van der Waals surface area contributed by atoms with E-state index in [-0.39, 0.29) is 5.53 Å². The van der Waals surface area contributed by atoms with E-state index in [1.807, 2.05) is 13.1 Å². The summed E-state index contributed by atoms with van der Waals surface area (Å²) in [6.45, 7) is 6.99. The van der Waals surface area contributed by atoms with Gasteiger partial charge in [-0.2, -0.15) is 0 Å². The molecule has 0 bridgehead atoms. The second kappa shape index (κ2) is 5.47. The third kappa shape index (κ3) is 4.55. The van der Waals surface area contributed by atoms with Crippen molar-refractivity contribution < 1.29 is 4.79 Å². The molecule has 1 amide bonds. The Balaban J connectivity index is 3.22. The number of unbranched alkanes of at least 4 members (excludes halogenated alkanes) is 1. The Morgan fingerprint density at radius 1 is 1.50 bits per heavy atom. The second-order valence-corrected chi connectivity index (χ2v) is 5.06. The van der Waals surface area contributed by atoms with Gasteiger partial charge in [0.25, 0.3) is 0 Å². The summed E-state index contributed by atoms with van der Waals surface area (Å²) >= 11 is 0. The molecular formula is C7H16NOSi. The first kappa shape index (κ1) is 9.69. The van der Waals surface area contributed by atoms with Crippen LogP contribution in [0.5, 0.6) is 0 Å². The van der Waals surface area contributed by atoms with Gasteiger partial charge in [-0.15, -0.1) is 0 Å². The van der Waals surface area contributed by atoms with Gasteiger partial charge in [0.2, 0.25) is 0 Å². The Morgan fingerprint density at radius 3 is 2.50 bits per heavy atom. The molecule has 0 aromatic rings. The molecule has 0 fully saturated rings. The molecule has 0 aliphatic heterocycles. The normalized spacial score (nSPS) is 10.0. The molecule has 10 heavy (non-hydrogen) atoms. The van der Waals surface area contributed by atoms with Crippen molar-refractivity contribution in [1.82, 2.24) is 5.32 Å². The zero-order valence-corrected chi connectivity index (χ0v) is 8.03. The highest BCUT2D eigenvalue weighted by Crippen LogP contribution is 1.85. The van der Waals surface area contributed by atoms with Crippen molar-refractivity contribution in [1.29, 1.82) is 0 Å². The van der Waals surface area contributed by atoms with Crippen LogP contribution in [0.25, 0.3) is 0 Å². The van der Waals surface area contributed by atoms with Crippen molar-refractivity contribution in [3.63, 3.8) is 0 Å². The Kier molecular flexibility index (Phi) is 5.30. The van der Waals surface area contributed by atoms with E-state index in [0.717, 1.165) is 19.4 Å². The summed E-state index contributed by atoms with van der Waals surface area (Å²) in [7, 11) is -0.743. The van der Waals surface area contributed by atoms with Gasteiger partial charge in [0.1, 0.15) is 0 Å². The van der Waals surface area contributed by atoms with Crippen LogP contribution in [0, 0.1) is 0 Å². The van der Waals surface area contributed by atoms with Crippen LogP contribution >= 0.6 is 0 Å². The van der Waals surface area contributed by atoms with Gasteiger partial charge >= 0.3 is 0 Å². The van der Waals surface area contributed by atoms with E-state index >= 15 is 0 Å². The first-order chi connectivity index (χ1) is 4.68. The third-order valence-corrected chi connectivity index (χ3v) is 2.36. The molecule has 0 aliphatic rings. The molecule has 0 spiro atoms. The van der Waals surface area contributed by atoms with Crippen molar-refractivity contribution in [3.05, 3.63) is 0 Å². The SMILES string of the molecule is CCCCNC(=O)[Si](C)C. The lowest BCUT2D eigenvalue weighted by molar-refractivity contribution is 0.258. The van der Waals surface area contributed by atoms with Crippen molar-refractivity contribution in [2.45, 2.75) is 32.9 Å². The highest BCUT2D eigenvalue weighted by atomic mass is 28.3. The molecular weight excluding hydrogens is 142 g/mol. The van der Waals surface area contributed by atoms with E-state index in [2.05, 4.69) is 12.2 Å². The molecule has 2 nitrogen and oxygen atoms in total. The highest BCUT2D eigenvalue weighted by molar-refractivity contribution is 6.87. The molecule has 0 unspecified atom stereocenters. The van der Waals surface area contributed by atoms with Crippen LogP contribution in [-0.4, -0.2) is 20.9 Å². The smallest absolute Gasteiger partial charge is 0.189 e. The summed E-state index contributed by atoms with van der Waals surface area (Å²) in [5.41, 5.74) is 0.262. The molecule has 3 heteroatoms. The summed E-state index contributed by atoms with van der Waals surface area (Å²) in [5, 5.41) is 2.89. The summed E-state index contributed by atoms with van der Waals surface area (Å²) < 4.78 is 0. The Labute approximate surface area is 64.6 Å². The molecule has 0 aliphatic carbocycles. The van der Waals surface area contributed by atoms with Gasteiger partial charge in [-0.05, 0) is 6.42 Å². The van der Waals surface area contributed by atoms with E-state index in [4.69, 9.17) is 0 Å². The molecule has 1 N–H and O–H groups in total. The van der Waals surface area contributed by atoms with Crippen LogP contribution in [0.2, 0.25) is 13.1 Å². The standard InChI is InChI=1S/C7H16NOSi/c1-4-5-6-8-7(9)10(2)3/h4-6H2,1-3H3,(H,8,9). The minimum atomic E-state index is -0.743. The number of nitrogens with one attached hydrogen (secondary N) is 1. The first-order valence-electron chi connectivity index (χ1n) is 3.76. The molecule has 0 aromatic heterocycles. The van der Waals surface area contributed by atoms with Gasteiger partial charge in [0.05, 0.1) is 0 Å². The zero-order chi connectivity index (χ0) is 7.98. The molecule has 0 rings (SSSR count). The number of amides is 1. The van der Waals surface area contributed by atoms with Crippen molar-refractivity contribution >= 4 is 14.3 Å². The van der Waals surface area contributed by atoms with E-state index in [0.29, 0.717) is 0 Å². The Hall–Kier alpha value is -0.313. The number of carbonyl (C=O) groups excluding carboxylic acids is 1. The maximum atomic E-state index is 11.0. The lowest BCUT2D eigenvalue weighted by atomic mass is 10.3. The monoisotopic (exact) mass is 158 g/mol. The van der Waals surface area contributed by atoms with Crippen molar-refractivity contribution in [2.75, 3.05) is 6.54 Å². The zero-order valence-electron chi connectivity index (χ0n) is 7.03. The van der Waals surface area contributed by atoms with Crippen molar-refractivity contribution in [2.24, 2.45) is 0 Å². The van der Waals surface area contributed by atoms with Gasteiger partial charge in [-0.1, -0.05) is 26.4 Å². The maximum absolute atomic E-state index is 11.0. The fourth-order valence-corrected chi connectivity index (χ4v) is 1.03. The number of carbonyl (C=O) groups is 1. The predicted molar refractivity (Wildman–Crippen MR) is 45.8 cm³/mol. The average Bonchev–Trinajstić information content (AvgIpc) is 1.88. The number of hydrogen-bond acceptors (Lipinski definition) is 1. The highest BCUT2D eigenvalue weighted by Gasteiger charge is 2.06. The van der Waals surface area contributed by atoms with Gasteiger partial charge in [-0.25, -0.2) is 0 Å². The maximum Gasteiger partial charge on any atom is 0.189 e. The topological polar surface area (TPSA) is 29.1 Å². The van der Waals surface area contributed by atoms with E-state index in [9.17, 15) is 4.79 Å². The molecule has 1 radical (unpaired) electrons. The van der Waals surface area contributed by atoms with Crippen LogP contribution in [-0.2, 0) is 0 Å². The van der Waals surface area contributed by atoms with Crippen LogP contribution in [0.1, 0.15) is 19.8 Å². The van der Waals surface area contributed by atoms with E-state index in [1.165, 1.54) is 0 Å². The fraction of sp³-hybridized carbons (Fsp3) is 0.857. The Bertz CT molecular complexity index is 104.